The van der Waals surface area contributed by atoms with Crippen LogP contribution in [0.25, 0.3) is 0 Å². The van der Waals surface area contributed by atoms with Crippen molar-refractivity contribution in [2.75, 3.05) is 21.3 Å². The van der Waals surface area contributed by atoms with Gasteiger partial charge in [-0.2, -0.15) is 0 Å². The van der Waals surface area contributed by atoms with Gasteiger partial charge < -0.3 is 14.3 Å². The molecule has 0 atom stereocenters. The monoisotopic (exact) mass is 209 g/mol. The average molecular weight is 209 g/mol. The van der Waals surface area contributed by atoms with E-state index in [0.29, 0.717) is 5.75 Å². The molecule has 82 valence electrons. The Morgan fingerprint density at radius 1 is 1.13 bits per heavy atom. The van der Waals surface area contributed by atoms with E-state index in [1.165, 1.54) is 7.11 Å². The summed E-state index contributed by atoms with van der Waals surface area (Å²) in [7, 11) is 4.74. The van der Waals surface area contributed by atoms with E-state index in [4.69, 9.17) is 14.3 Å². The standard InChI is InChI=1S/C11H15NO3/c1-8(12-15-4)10-6-5-9(13-2)7-11(10)14-3/h5-7H,1-4H3/b12-8+. The van der Waals surface area contributed by atoms with Crippen LogP contribution in [0, 0.1) is 0 Å². The highest BCUT2D eigenvalue weighted by molar-refractivity contribution is 6.00. The van der Waals surface area contributed by atoms with Crippen molar-refractivity contribution in [3.05, 3.63) is 23.8 Å². The predicted octanol–water partition coefficient (Wildman–Crippen LogP) is 2.07. The van der Waals surface area contributed by atoms with Crippen LogP contribution >= 0.6 is 0 Å². The molecule has 0 aliphatic carbocycles. The van der Waals surface area contributed by atoms with E-state index < -0.39 is 0 Å². The van der Waals surface area contributed by atoms with E-state index in [9.17, 15) is 0 Å². The van der Waals surface area contributed by atoms with E-state index in [1.54, 1.807) is 14.2 Å². The van der Waals surface area contributed by atoms with Gasteiger partial charge in [0.25, 0.3) is 0 Å². The van der Waals surface area contributed by atoms with E-state index >= 15 is 0 Å². The summed E-state index contributed by atoms with van der Waals surface area (Å²) in [5.74, 6) is 1.47. The second-order valence-electron chi connectivity index (χ2n) is 2.93. The van der Waals surface area contributed by atoms with Gasteiger partial charge in [0.05, 0.1) is 19.9 Å². The number of rotatable bonds is 4. The van der Waals surface area contributed by atoms with Crippen LogP contribution < -0.4 is 9.47 Å². The second-order valence-corrected chi connectivity index (χ2v) is 2.93. The molecule has 0 radical (unpaired) electrons. The lowest BCUT2D eigenvalue weighted by molar-refractivity contribution is 0.213. The molecule has 0 fully saturated rings. The molecule has 0 aliphatic heterocycles. The Bertz CT molecular complexity index is 361. The summed E-state index contributed by atoms with van der Waals surface area (Å²) < 4.78 is 10.3. The van der Waals surface area contributed by atoms with E-state index in [-0.39, 0.29) is 0 Å². The van der Waals surface area contributed by atoms with Gasteiger partial charge in [0.1, 0.15) is 18.6 Å². The minimum absolute atomic E-state index is 0.715. The third kappa shape index (κ3) is 2.62. The first-order valence-electron chi connectivity index (χ1n) is 4.53. The fourth-order valence-electron chi connectivity index (χ4n) is 1.28. The quantitative estimate of drug-likeness (QED) is 0.563. The SMILES string of the molecule is CO/N=C(\C)c1ccc(OC)cc1OC. The third-order valence-electron chi connectivity index (χ3n) is 2.03. The lowest BCUT2D eigenvalue weighted by Gasteiger charge is -2.09. The number of nitrogens with zero attached hydrogens (tertiary/aromatic N) is 1. The predicted molar refractivity (Wildman–Crippen MR) is 58.8 cm³/mol. The molecule has 4 heteroatoms. The molecule has 1 rings (SSSR count). The Balaban J connectivity index is 3.13. The Morgan fingerprint density at radius 2 is 1.87 bits per heavy atom. The highest BCUT2D eigenvalue weighted by Crippen LogP contribution is 2.25. The lowest BCUT2D eigenvalue weighted by Crippen LogP contribution is -2.00. The minimum atomic E-state index is 0.715. The van der Waals surface area contributed by atoms with E-state index in [1.807, 2.05) is 25.1 Å². The van der Waals surface area contributed by atoms with Gasteiger partial charge in [-0.05, 0) is 19.1 Å². The fourth-order valence-corrected chi connectivity index (χ4v) is 1.28. The highest BCUT2D eigenvalue weighted by Gasteiger charge is 2.07. The van der Waals surface area contributed by atoms with Crippen molar-refractivity contribution in [3.63, 3.8) is 0 Å². The molecule has 0 unspecified atom stereocenters. The van der Waals surface area contributed by atoms with Crippen molar-refractivity contribution < 1.29 is 14.3 Å². The zero-order valence-electron chi connectivity index (χ0n) is 9.40. The lowest BCUT2D eigenvalue weighted by atomic mass is 10.1. The molecular formula is C11H15NO3. The molecule has 1 aromatic carbocycles. The summed E-state index contributed by atoms with van der Waals surface area (Å²) in [5, 5.41) is 3.85. The molecular weight excluding hydrogens is 194 g/mol. The summed E-state index contributed by atoms with van der Waals surface area (Å²) in [4.78, 5) is 4.72. The number of oxime groups is 1. The average Bonchev–Trinajstić information content (AvgIpc) is 2.28. The van der Waals surface area contributed by atoms with Crippen LogP contribution in [-0.4, -0.2) is 27.0 Å². The van der Waals surface area contributed by atoms with Crippen molar-refractivity contribution in [2.24, 2.45) is 5.16 Å². The normalized spacial score (nSPS) is 11.1. The molecule has 15 heavy (non-hydrogen) atoms. The molecule has 0 heterocycles. The molecule has 1 aromatic rings. The Kier molecular flexibility index (Phi) is 3.97. The van der Waals surface area contributed by atoms with Crippen LogP contribution in [0.15, 0.2) is 23.4 Å². The zero-order valence-corrected chi connectivity index (χ0v) is 9.40. The van der Waals surface area contributed by atoms with Crippen molar-refractivity contribution in [1.82, 2.24) is 0 Å². The summed E-state index contributed by atoms with van der Waals surface area (Å²) in [5.41, 5.74) is 1.65. The van der Waals surface area contributed by atoms with Crippen LogP contribution in [0.1, 0.15) is 12.5 Å². The molecule has 0 aromatic heterocycles. The van der Waals surface area contributed by atoms with Gasteiger partial charge in [0.2, 0.25) is 0 Å². The molecule has 0 N–H and O–H groups in total. The molecule has 4 nitrogen and oxygen atoms in total. The molecule has 0 bridgehead atoms. The third-order valence-corrected chi connectivity index (χ3v) is 2.03. The van der Waals surface area contributed by atoms with Gasteiger partial charge in [-0.15, -0.1) is 0 Å². The molecule has 0 spiro atoms. The summed E-state index contributed by atoms with van der Waals surface area (Å²) in [6, 6.07) is 5.55. The second kappa shape index (κ2) is 5.24. The fraction of sp³-hybridized carbons (Fsp3) is 0.364. The van der Waals surface area contributed by atoms with Crippen LogP contribution in [0.4, 0.5) is 0 Å². The van der Waals surface area contributed by atoms with Crippen LogP contribution in [-0.2, 0) is 4.84 Å². The summed E-state index contributed by atoms with van der Waals surface area (Å²) >= 11 is 0. The van der Waals surface area contributed by atoms with Crippen LogP contribution in [0.3, 0.4) is 0 Å². The zero-order chi connectivity index (χ0) is 11.3. The van der Waals surface area contributed by atoms with Crippen LogP contribution in [0.2, 0.25) is 0 Å². The van der Waals surface area contributed by atoms with Gasteiger partial charge >= 0.3 is 0 Å². The van der Waals surface area contributed by atoms with Gasteiger partial charge in [0, 0.05) is 11.6 Å². The van der Waals surface area contributed by atoms with Crippen LogP contribution in [0.5, 0.6) is 11.5 Å². The Hall–Kier alpha value is -1.71. The Labute approximate surface area is 89.4 Å². The maximum atomic E-state index is 5.24. The van der Waals surface area contributed by atoms with Gasteiger partial charge in [-0.25, -0.2) is 0 Å². The van der Waals surface area contributed by atoms with Crippen molar-refractivity contribution >= 4 is 5.71 Å². The summed E-state index contributed by atoms with van der Waals surface area (Å²) in [6.07, 6.45) is 0. The van der Waals surface area contributed by atoms with E-state index in [2.05, 4.69) is 5.16 Å². The Morgan fingerprint density at radius 3 is 2.40 bits per heavy atom. The minimum Gasteiger partial charge on any atom is -0.497 e. The first-order valence-corrected chi connectivity index (χ1v) is 4.53. The smallest absolute Gasteiger partial charge is 0.131 e. The number of methoxy groups -OCH3 is 2. The number of hydrogen-bond acceptors (Lipinski definition) is 4. The van der Waals surface area contributed by atoms with Crippen molar-refractivity contribution in [3.8, 4) is 11.5 Å². The van der Waals surface area contributed by atoms with Crippen molar-refractivity contribution in [2.45, 2.75) is 6.92 Å². The number of ether oxygens (including phenoxy) is 2. The number of benzene rings is 1. The molecule has 0 aliphatic rings. The first kappa shape index (κ1) is 11.4. The van der Waals surface area contributed by atoms with E-state index in [0.717, 1.165) is 17.0 Å². The molecule has 0 saturated carbocycles. The maximum absolute atomic E-state index is 5.24. The largest absolute Gasteiger partial charge is 0.497 e. The van der Waals surface area contributed by atoms with Gasteiger partial charge in [-0.1, -0.05) is 5.16 Å². The topological polar surface area (TPSA) is 40.0 Å². The van der Waals surface area contributed by atoms with Gasteiger partial charge in [-0.3, -0.25) is 0 Å². The molecule has 0 amide bonds. The summed E-state index contributed by atoms with van der Waals surface area (Å²) in [6.45, 7) is 1.85. The van der Waals surface area contributed by atoms with Gasteiger partial charge in [0.15, 0.2) is 0 Å². The molecule has 0 saturated heterocycles. The highest BCUT2D eigenvalue weighted by atomic mass is 16.6. The maximum Gasteiger partial charge on any atom is 0.131 e. The van der Waals surface area contributed by atoms with Crippen molar-refractivity contribution in [1.29, 1.82) is 0 Å². The number of hydrogen-bond donors (Lipinski definition) is 0. The first-order chi connectivity index (χ1) is 7.22.